The van der Waals surface area contributed by atoms with Gasteiger partial charge in [0.05, 0.1) is 11.4 Å². The van der Waals surface area contributed by atoms with E-state index in [0.717, 1.165) is 12.2 Å². The summed E-state index contributed by atoms with van der Waals surface area (Å²) in [4.78, 5) is 4.40. The summed E-state index contributed by atoms with van der Waals surface area (Å²) in [5.74, 6) is 2.94. The Morgan fingerprint density at radius 3 is 3.12 bits per heavy atom. The third kappa shape index (κ3) is 1.80. The quantitative estimate of drug-likeness (QED) is 0.873. The summed E-state index contributed by atoms with van der Waals surface area (Å²) in [5, 5.41) is 8.45. The van der Waals surface area contributed by atoms with Crippen LogP contribution in [0.2, 0.25) is 0 Å². The number of rotatable bonds is 2. The molecule has 2 aromatic rings. The molecule has 0 amide bonds. The number of hydrogen-bond donors (Lipinski definition) is 1. The maximum atomic E-state index is 5.86. The highest BCUT2D eigenvalue weighted by Gasteiger charge is 2.24. The molecule has 1 aliphatic rings. The summed E-state index contributed by atoms with van der Waals surface area (Å²) in [5.41, 5.74) is 6.57. The van der Waals surface area contributed by atoms with Crippen LogP contribution in [-0.2, 0) is 7.05 Å². The SMILES string of the molecule is Cn1ncc(-c2nc(C3CCCS3)no2)c1N. The van der Waals surface area contributed by atoms with Crippen molar-refractivity contribution in [2.45, 2.75) is 18.1 Å². The van der Waals surface area contributed by atoms with E-state index in [1.54, 1.807) is 17.9 Å². The van der Waals surface area contributed by atoms with Crippen molar-refractivity contribution in [3.63, 3.8) is 0 Å². The number of nitrogens with zero attached hydrogens (tertiary/aromatic N) is 4. The van der Waals surface area contributed by atoms with Gasteiger partial charge < -0.3 is 10.3 Å². The Labute approximate surface area is 103 Å². The Morgan fingerprint density at radius 1 is 1.59 bits per heavy atom. The first-order valence-corrected chi connectivity index (χ1v) is 6.53. The smallest absolute Gasteiger partial charge is 0.263 e. The molecular weight excluding hydrogens is 238 g/mol. The van der Waals surface area contributed by atoms with Crippen molar-refractivity contribution in [1.82, 2.24) is 19.9 Å². The van der Waals surface area contributed by atoms with Crippen LogP contribution in [-0.4, -0.2) is 25.7 Å². The van der Waals surface area contributed by atoms with Crippen LogP contribution in [0.3, 0.4) is 0 Å². The van der Waals surface area contributed by atoms with Crippen molar-refractivity contribution in [2.24, 2.45) is 7.05 Å². The molecule has 1 atom stereocenters. The molecular formula is C10H13N5OS. The van der Waals surface area contributed by atoms with Crippen molar-refractivity contribution in [3.8, 4) is 11.5 Å². The fraction of sp³-hybridized carbons (Fsp3) is 0.500. The minimum absolute atomic E-state index is 0.366. The molecule has 6 nitrogen and oxygen atoms in total. The van der Waals surface area contributed by atoms with Gasteiger partial charge in [0, 0.05) is 7.05 Å². The molecule has 17 heavy (non-hydrogen) atoms. The number of aromatic nitrogens is 4. The molecule has 0 bridgehead atoms. The molecule has 1 unspecified atom stereocenters. The van der Waals surface area contributed by atoms with Gasteiger partial charge in [0.1, 0.15) is 11.4 Å². The molecule has 0 saturated carbocycles. The molecule has 0 aromatic carbocycles. The highest BCUT2D eigenvalue weighted by Crippen LogP contribution is 2.39. The number of hydrogen-bond acceptors (Lipinski definition) is 6. The fourth-order valence-electron chi connectivity index (χ4n) is 1.87. The van der Waals surface area contributed by atoms with Crippen molar-refractivity contribution in [1.29, 1.82) is 0 Å². The van der Waals surface area contributed by atoms with Crippen LogP contribution >= 0.6 is 11.8 Å². The van der Waals surface area contributed by atoms with Gasteiger partial charge in [-0.15, -0.1) is 0 Å². The molecule has 3 rings (SSSR count). The largest absolute Gasteiger partial charge is 0.383 e. The first kappa shape index (κ1) is 10.6. The van der Waals surface area contributed by atoms with Crippen molar-refractivity contribution in [2.75, 3.05) is 11.5 Å². The second-order valence-corrected chi connectivity index (χ2v) is 5.34. The van der Waals surface area contributed by atoms with Crippen LogP contribution in [0.4, 0.5) is 5.82 Å². The Hall–Kier alpha value is -1.50. The van der Waals surface area contributed by atoms with E-state index >= 15 is 0 Å². The lowest BCUT2D eigenvalue weighted by molar-refractivity contribution is 0.421. The van der Waals surface area contributed by atoms with Gasteiger partial charge in [-0.05, 0) is 18.6 Å². The lowest BCUT2D eigenvalue weighted by Gasteiger charge is -1.99. The number of nitrogen functional groups attached to an aromatic ring is 1. The zero-order valence-corrected chi connectivity index (χ0v) is 10.3. The van der Waals surface area contributed by atoms with Crippen LogP contribution in [0.1, 0.15) is 23.9 Å². The van der Waals surface area contributed by atoms with Crippen LogP contribution in [0, 0.1) is 0 Å². The fourth-order valence-corrected chi connectivity index (χ4v) is 3.06. The van der Waals surface area contributed by atoms with Crippen LogP contribution < -0.4 is 5.73 Å². The highest BCUT2D eigenvalue weighted by atomic mass is 32.2. The van der Waals surface area contributed by atoms with Crippen molar-refractivity contribution in [3.05, 3.63) is 12.0 Å². The first-order valence-electron chi connectivity index (χ1n) is 5.49. The summed E-state index contributed by atoms with van der Waals surface area (Å²) in [6, 6.07) is 0. The topological polar surface area (TPSA) is 82.8 Å². The van der Waals surface area contributed by atoms with E-state index in [1.165, 1.54) is 12.2 Å². The molecule has 0 aliphatic carbocycles. The Kier molecular flexibility index (Phi) is 2.54. The normalized spacial score (nSPS) is 19.9. The van der Waals surface area contributed by atoms with Gasteiger partial charge in [0.15, 0.2) is 5.82 Å². The number of aryl methyl sites for hydroxylation is 1. The molecule has 2 N–H and O–H groups in total. The maximum Gasteiger partial charge on any atom is 0.263 e. The van der Waals surface area contributed by atoms with E-state index in [1.807, 2.05) is 11.8 Å². The van der Waals surface area contributed by atoms with E-state index in [9.17, 15) is 0 Å². The first-order chi connectivity index (χ1) is 8.25. The Bertz CT molecular complexity index is 529. The maximum absolute atomic E-state index is 5.86. The Balaban J connectivity index is 1.91. The van der Waals surface area contributed by atoms with Crippen LogP contribution in [0.5, 0.6) is 0 Å². The lowest BCUT2D eigenvalue weighted by Crippen LogP contribution is -1.98. The van der Waals surface area contributed by atoms with Crippen molar-refractivity contribution >= 4 is 17.6 Å². The van der Waals surface area contributed by atoms with Gasteiger partial charge in [-0.2, -0.15) is 21.8 Å². The van der Waals surface area contributed by atoms with Gasteiger partial charge in [-0.3, -0.25) is 4.68 Å². The monoisotopic (exact) mass is 251 g/mol. The summed E-state index contributed by atoms with van der Waals surface area (Å²) in [6.07, 6.45) is 3.98. The second kappa shape index (κ2) is 4.06. The van der Waals surface area contributed by atoms with E-state index in [2.05, 4.69) is 15.2 Å². The Morgan fingerprint density at radius 2 is 2.47 bits per heavy atom. The van der Waals surface area contributed by atoms with E-state index in [-0.39, 0.29) is 0 Å². The minimum Gasteiger partial charge on any atom is -0.383 e. The van der Waals surface area contributed by atoms with Gasteiger partial charge in [0.25, 0.3) is 5.89 Å². The highest BCUT2D eigenvalue weighted by molar-refractivity contribution is 7.99. The minimum atomic E-state index is 0.366. The molecule has 90 valence electrons. The predicted molar refractivity (Wildman–Crippen MR) is 65.3 cm³/mol. The van der Waals surface area contributed by atoms with Crippen molar-refractivity contribution < 1.29 is 4.52 Å². The van der Waals surface area contributed by atoms with Gasteiger partial charge in [-0.1, -0.05) is 5.16 Å². The third-order valence-electron chi connectivity index (χ3n) is 2.87. The molecule has 7 heteroatoms. The van der Waals surface area contributed by atoms with Gasteiger partial charge in [-0.25, -0.2) is 0 Å². The summed E-state index contributed by atoms with van der Waals surface area (Å²) >= 11 is 1.88. The second-order valence-electron chi connectivity index (χ2n) is 4.03. The molecule has 2 aromatic heterocycles. The molecule has 0 spiro atoms. The van der Waals surface area contributed by atoms with E-state index < -0.39 is 0 Å². The number of nitrogens with two attached hydrogens (primary N) is 1. The molecule has 1 saturated heterocycles. The van der Waals surface area contributed by atoms with E-state index in [4.69, 9.17) is 10.3 Å². The van der Waals surface area contributed by atoms with E-state index in [0.29, 0.717) is 22.5 Å². The summed E-state index contributed by atoms with van der Waals surface area (Å²) < 4.78 is 6.84. The van der Waals surface area contributed by atoms with Crippen LogP contribution in [0.15, 0.2) is 10.7 Å². The lowest BCUT2D eigenvalue weighted by atomic mass is 10.2. The molecule has 1 aliphatic heterocycles. The zero-order valence-electron chi connectivity index (χ0n) is 9.46. The average Bonchev–Trinajstić information content (AvgIpc) is 3.01. The zero-order chi connectivity index (χ0) is 11.8. The third-order valence-corrected chi connectivity index (χ3v) is 4.25. The number of anilines is 1. The summed E-state index contributed by atoms with van der Waals surface area (Å²) in [6.45, 7) is 0. The van der Waals surface area contributed by atoms with Crippen LogP contribution in [0.25, 0.3) is 11.5 Å². The summed E-state index contributed by atoms with van der Waals surface area (Å²) in [7, 11) is 1.78. The standard InChI is InChI=1S/C10H13N5OS/c1-15-8(11)6(5-12-15)10-13-9(14-16-10)7-3-2-4-17-7/h5,7H,2-4,11H2,1H3. The van der Waals surface area contributed by atoms with Gasteiger partial charge in [0.2, 0.25) is 0 Å². The number of thioether (sulfide) groups is 1. The molecule has 1 fully saturated rings. The van der Waals surface area contributed by atoms with Gasteiger partial charge >= 0.3 is 0 Å². The molecule has 0 radical (unpaired) electrons. The predicted octanol–water partition coefficient (Wildman–Crippen LogP) is 1.62. The average molecular weight is 251 g/mol. The molecule has 3 heterocycles.